The van der Waals surface area contributed by atoms with E-state index in [0.717, 1.165) is 24.1 Å². The Morgan fingerprint density at radius 3 is 2.57 bits per heavy atom. The molecule has 1 nitrogen and oxygen atoms in total. The number of halogens is 1. The van der Waals surface area contributed by atoms with Gasteiger partial charge in [0.2, 0.25) is 0 Å². The van der Waals surface area contributed by atoms with Crippen LogP contribution in [0.1, 0.15) is 11.3 Å². The maximum atomic E-state index is 12.6. The van der Waals surface area contributed by atoms with E-state index in [1.807, 2.05) is 23.0 Å². The molecule has 0 atom stereocenters. The third-order valence-electron chi connectivity index (χ3n) is 2.07. The zero-order valence-corrected chi connectivity index (χ0v) is 8.43. The highest BCUT2D eigenvalue weighted by atomic mass is 32.1. The van der Waals surface area contributed by atoms with Gasteiger partial charge in [-0.3, -0.25) is 0 Å². The summed E-state index contributed by atoms with van der Waals surface area (Å²) in [5.41, 5.74) is 4.10. The molecule has 0 bridgehead atoms. The van der Waals surface area contributed by atoms with E-state index in [1.165, 1.54) is 12.1 Å². The van der Waals surface area contributed by atoms with Crippen LogP contribution in [0.15, 0.2) is 35.2 Å². The highest BCUT2D eigenvalue weighted by Gasteiger charge is 1.97. The number of hydrogen-bond donors (Lipinski definition) is 0. The Hall–Kier alpha value is -1.22. The van der Waals surface area contributed by atoms with Gasteiger partial charge in [0.15, 0.2) is 0 Å². The maximum absolute atomic E-state index is 12.6. The third-order valence-corrected chi connectivity index (χ3v) is 2.70. The number of rotatable bonds is 3. The Kier molecular flexibility index (Phi) is 2.89. The van der Waals surface area contributed by atoms with Gasteiger partial charge < -0.3 is 0 Å². The first kappa shape index (κ1) is 9.34. The van der Waals surface area contributed by atoms with Gasteiger partial charge in [0, 0.05) is 5.38 Å². The van der Waals surface area contributed by atoms with Crippen molar-refractivity contribution >= 4 is 11.3 Å². The predicted molar refractivity (Wildman–Crippen MR) is 55.9 cm³/mol. The van der Waals surface area contributed by atoms with Crippen LogP contribution in [0.5, 0.6) is 0 Å². The van der Waals surface area contributed by atoms with Gasteiger partial charge in [0.25, 0.3) is 0 Å². The van der Waals surface area contributed by atoms with E-state index in [1.54, 1.807) is 11.3 Å². The molecule has 1 aromatic carbocycles. The van der Waals surface area contributed by atoms with Crippen molar-refractivity contribution in [2.75, 3.05) is 0 Å². The molecule has 1 aromatic heterocycles. The first-order valence-electron chi connectivity index (χ1n) is 4.46. The van der Waals surface area contributed by atoms with Crippen molar-refractivity contribution in [2.24, 2.45) is 0 Å². The van der Waals surface area contributed by atoms with Crippen LogP contribution in [-0.2, 0) is 12.8 Å². The summed E-state index contributed by atoms with van der Waals surface area (Å²) < 4.78 is 12.6. The lowest BCUT2D eigenvalue weighted by Crippen LogP contribution is -1.91. The summed E-state index contributed by atoms with van der Waals surface area (Å²) >= 11 is 1.61. The van der Waals surface area contributed by atoms with Crippen LogP contribution >= 0.6 is 11.3 Å². The van der Waals surface area contributed by atoms with Crippen LogP contribution in [0.25, 0.3) is 0 Å². The smallest absolute Gasteiger partial charge is 0.123 e. The van der Waals surface area contributed by atoms with Gasteiger partial charge in [-0.1, -0.05) is 12.1 Å². The monoisotopic (exact) mass is 207 g/mol. The highest BCUT2D eigenvalue weighted by Crippen LogP contribution is 2.08. The Morgan fingerprint density at radius 1 is 1.14 bits per heavy atom. The van der Waals surface area contributed by atoms with Gasteiger partial charge in [0.1, 0.15) is 5.82 Å². The average molecular weight is 207 g/mol. The molecule has 0 N–H and O–H groups in total. The van der Waals surface area contributed by atoms with E-state index in [9.17, 15) is 4.39 Å². The number of hydrogen-bond acceptors (Lipinski definition) is 2. The van der Waals surface area contributed by atoms with Gasteiger partial charge in [-0.25, -0.2) is 9.37 Å². The molecule has 1 heterocycles. The summed E-state index contributed by atoms with van der Waals surface area (Å²) in [6, 6.07) is 6.64. The Bertz CT molecular complexity index is 380. The van der Waals surface area contributed by atoms with Gasteiger partial charge in [-0.05, 0) is 30.5 Å². The second kappa shape index (κ2) is 4.33. The molecule has 0 aliphatic rings. The summed E-state index contributed by atoms with van der Waals surface area (Å²) in [4.78, 5) is 4.19. The summed E-state index contributed by atoms with van der Waals surface area (Å²) in [6.45, 7) is 0. The molecule has 0 radical (unpaired) electrons. The zero-order chi connectivity index (χ0) is 9.80. The molecule has 0 saturated carbocycles. The first-order chi connectivity index (χ1) is 6.84. The number of benzene rings is 1. The van der Waals surface area contributed by atoms with Gasteiger partial charge in [-0.2, -0.15) is 0 Å². The minimum atomic E-state index is -0.178. The van der Waals surface area contributed by atoms with Gasteiger partial charge in [0.05, 0.1) is 11.2 Å². The van der Waals surface area contributed by atoms with E-state index in [-0.39, 0.29) is 5.82 Å². The SMILES string of the molecule is Fc1ccc(CCc2cscn2)cc1. The molecule has 0 unspecified atom stereocenters. The van der Waals surface area contributed by atoms with Crippen LogP contribution < -0.4 is 0 Å². The molecule has 2 aromatic rings. The Labute approximate surface area is 86.2 Å². The lowest BCUT2D eigenvalue weighted by Gasteiger charge is -1.98. The molecule has 0 aliphatic carbocycles. The van der Waals surface area contributed by atoms with E-state index < -0.39 is 0 Å². The largest absolute Gasteiger partial charge is 0.250 e. The van der Waals surface area contributed by atoms with Crippen LogP contribution in [-0.4, -0.2) is 4.98 Å². The molecule has 0 aliphatic heterocycles. The van der Waals surface area contributed by atoms with Crippen LogP contribution in [0.3, 0.4) is 0 Å². The van der Waals surface area contributed by atoms with Gasteiger partial charge in [-0.15, -0.1) is 11.3 Å². The molecule has 0 saturated heterocycles. The van der Waals surface area contributed by atoms with E-state index >= 15 is 0 Å². The second-order valence-corrected chi connectivity index (χ2v) is 3.82. The summed E-state index contributed by atoms with van der Waals surface area (Å²) in [5.74, 6) is -0.178. The fourth-order valence-electron chi connectivity index (χ4n) is 1.28. The summed E-state index contributed by atoms with van der Waals surface area (Å²) in [7, 11) is 0. The number of thiazole rings is 1. The minimum absolute atomic E-state index is 0.178. The molecular weight excluding hydrogens is 197 g/mol. The van der Waals surface area contributed by atoms with Crippen LogP contribution in [0.2, 0.25) is 0 Å². The van der Waals surface area contributed by atoms with Gasteiger partial charge >= 0.3 is 0 Å². The molecule has 2 rings (SSSR count). The standard InChI is InChI=1S/C11H10FNS/c12-10-4-1-9(2-5-10)3-6-11-7-14-8-13-11/h1-2,4-5,7-8H,3,6H2. The molecule has 0 fully saturated rings. The van der Waals surface area contributed by atoms with Crippen LogP contribution in [0.4, 0.5) is 4.39 Å². The molecule has 0 amide bonds. The van der Waals surface area contributed by atoms with E-state index in [2.05, 4.69) is 4.98 Å². The van der Waals surface area contributed by atoms with E-state index in [0.29, 0.717) is 0 Å². The fourth-order valence-corrected chi connectivity index (χ4v) is 1.88. The Morgan fingerprint density at radius 2 is 1.93 bits per heavy atom. The topological polar surface area (TPSA) is 12.9 Å². The molecule has 3 heteroatoms. The zero-order valence-electron chi connectivity index (χ0n) is 7.61. The van der Waals surface area contributed by atoms with Crippen LogP contribution in [0, 0.1) is 5.82 Å². The van der Waals surface area contributed by atoms with Crippen molar-refractivity contribution in [3.8, 4) is 0 Å². The van der Waals surface area contributed by atoms with Crippen molar-refractivity contribution in [2.45, 2.75) is 12.8 Å². The minimum Gasteiger partial charge on any atom is -0.250 e. The molecule has 0 spiro atoms. The van der Waals surface area contributed by atoms with Crippen molar-refractivity contribution in [3.05, 3.63) is 52.2 Å². The van der Waals surface area contributed by atoms with E-state index in [4.69, 9.17) is 0 Å². The van der Waals surface area contributed by atoms with Crippen molar-refractivity contribution in [1.82, 2.24) is 4.98 Å². The molecule has 14 heavy (non-hydrogen) atoms. The van der Waals surface area contributed by atoms with Crippen molar-refractivity contribution in [1.29, 1.82) is 0 Å². The highest BCUT2D eigenvalue weighted by molar-refractivity contribution is 7.07. The normalized spacial score (nSPS) is 10.4. The second-order valence-electron chi connectivity index (χ2n) is 3.11. The van der Waals surface area contributed by atoms with Crippen molar-refractivity contribution < 1.29 is 4.39 Å². The quantitative estimate of drug-likeness (QED) is 0.753. The predicted octanol–water partition coefficient (Wildman–Crippen LogP) is 3.07. The molecular formula is C11H10FNS. The first-order valence-corrected chi connectivity index (χ1v) is 5.40. The average Bonchev–Trinajstić information content (AvgIpc) is 2.70. The third kappa shape index (κ3) is 2.39. The lowest BCUT2D eigenvalue weighted by molar-refractivity contribution is 0.627. The Balaban J connectivity index is 1.95. The number of nitrogens with zero attached hydrogens (tertiary/aromatic N) is 1. The lowest BCUT2D eigenvalue weighted by atomic mass is 10.1. The summed E-state index contributed by atoms with van der Waals surface area (Å²) in [5, 5.41) is 2.05. The number of aromatic nitrogens is 1. The number of aryl methyl sites for hydroxylation is 2. The summed E-state index contributed by atoms with van der Waals surface area (Å²) in [6.07, 6.45) is 1.85. The van der Waals surface area contributed by atoms with Crippen molar-refractivity contribution in [3.63, 3.8) is 0 Å². The molecule has 72 valence electrons. The maximum Gasteiger partial charge on any atom is 0.123 e. The fraction of sp³-hybridized carbons (Fsp3) is 0.182.